The third kappa shape index (κ3) is 4.54. The van der Waals surface area contributed by atoms with Gasteiger partial charge in [0, 0.05) is 16.7 Å². The van der Waals surface area contributed by atoms with Gasteiger partial charge >= 0.3 is 0 Å². The van der Waals surface area contributed by atoms with E-state index in [2.05, 4.69) is 45.1 Å². The third-order valence-electron chi connectivity index (χ3n) is 3.21. The van der Waals surface area contributed by atoms with E-state index in [1.165, 1.54) is 5.56 Å². The summed E-state index contributed by atoms with van der Waals surface area (Å²) in [6.07, 6.45) is 0.935. The second-order valence-electron chi connectivity index (χ2n) is 5.80. The summed E-state index contributed by atoms with van der Waals surface area (Å²) in [6.45, 7) is 8.68. The molecule has 1 N–H and O–H groups in total. The first-order valence-corrected chi connectivity index (χ1v) is 7.82. The van der Waals surface area contributed by atoms with Crippen LogP contribution in [-0.4, -0.2) is 23.1 Å². The molecule has 3 heteroatoms. The van der Waals surface area contributed by atoms with Crippen LogP contribution in [0.5, 0.6) is 0 Å². The van der Waals surface area contributed by atoms with E-state index in [0.29, 0.717) is 6.04 Å². The van der Waals surface area contributed by atoms with Crippen molar-refractivity contribution >= 4 is 10.8 Å². The zero-order valence-corrected chi connectivity index (χ0v) is 12.9. The molecule has 0 aliphatic rings. The molecule has 0 aliphatic carbocycles. The topological polar surface area (TPSA) is 29.1 Å². The van der Waals surface area contributed by atoms with Crippen LogP contribution in [0.2, 0.25) is 0 Å². The van der Waals surface area contributed by atoms with Gasteiger partial charge in [0.25, 0.3) is 0 Å². The van der Waals surface area contributed by atoms with Crippen LogP contribution in [0, 0.1) is 0 Å². The van der Waals surface area contributed by atoms with Crippen molar-refractivity contribution in [2.75, 3.05) is 12.8 Å². The normalized spacial score (nSPS) is 15.4. The van der Waals surface area contributed by atoms with Crippen molar-refractivity contribution < 1.29 is 4.21 Å². The maximum Gasteiger partial charge on any atom is 0.0530 e. The average molecular weight is 267 g/mol. The van der Waals surface area contributed by atoms with Gasteiger partial charge in [-0.25, -0.2) is 0 Å². The molecule has 18 heavy (non-hydrogen) atoms. The van der Waals surface area contributed by atoms with Gasteiger partial charge in [0.15, 0.2) is 0 Å². The van der Waals surface area contributed by atoms with E-state index in [1.54, 1.807) is 0 Å². The van der Waals surface area contributed by atoms with Crippen molar-refractivity contribution in [3.8, 4) is 0 Å². The predicted molar refractivity (Wildman–Crippen MR) is 79.6 cm³/mol. The lowest BCUT2D eigenvalue weighted by atomic mass is 9.87. The molecule has 0 bridgehead atoms. The Balaban J connectivity index is 2.65. The molecule has 0 saturated carbocycles. The van der Waals surface area contributed by atoms with Crippen molar-refractivity contribution in [2.45, 2.75) is 50.5 Å². The van der Waals surface area contributed by atoms with Crippen LogP contribution in [0.4, 0.5) is 0 Å². The number of hydrogen-bond acceptors (Lipinski definition) is 2. The van der Waals surface area contributed by atoms with E-state index in [9.17, 15) is 4.21 Å². The standard InChI is InChI=1S/C15H25NOS/c1-12(16-5)10-11-18(17)14-8-6-13(7-9-14)15(2,3)4/h6-9,12,16H,10-11H2,1-5H3. The predicted octanol–water partition coefficient (Wildman–Crippen LogP) is 3.09. The van der Waals surface area contributed by atoms with Crippen LogP contribution in [0.1, 0.15) is 39.7 Å². The summed E-state index contributed by atoms with van der Waals surface area (Å²) in [5.41, 5.74) is 1.44. The Hall–Kier alpha value is -0.670. The van der Waals surface area contributed by atoms with E-state index < -0.39 is 10.8 Å². The van der Waals surface area contributed by atoms with Crippen molar-refractivity contribution in [3.05, 3.63) is 29.8 Å². The Morgan fingerprint density at radius 1 is 1.22 bits per heavy atom. The largest absolute Gasteiger partial charge is 0.317 e. The van der Waals surface area contributed by atoms with Crippen molar-refractivity contribution in [2.24, 2.45) is 0 Å². The molecule has 2 unspecified atom stereocenters. The van der Waals surface area contributed by atoms with Gasteiger partial charge in [-0.05, 0) is 43.5 Å². The second kappa shape index (κ2) is 6.48. The van der Waals surface area contributed by atoms with E-state index in [0.717, 1.165) is 17.1 Å². The minimum Gasteiger partial charge on any atom is -0.317 e. The molecule has 0 radical (unpaired) electrons. The van der Waals surface area contributed by atoms with E-state index in [4.69, 9.17) is 0 Å². The fourth-order valence-electron chi connectivity index (χ4n) is 1.65. The Labute approximate surface area is 114 Å². The SMILES string of the molecule is CNC(C)CCS(=O)c1ccc(C(C)(C)C)cc1. The summed E-state index contributed by atoms with van der Waals surface area (Å²) in [5, 5.41) is 3.17. The number of rotatable bonds is 5. The first-order chi connectivity index (χ1) is 8.34. The number of benzene rings is 1. The molecule has 0 amide bonds. The number of nitrogens with one attached hydrogen (secondary N) is 1. The molecule has 1 rings (SSSR count). The van der Waals surface area contributed by atoms with Gasteiger partial charge < -0.3 is 5.32 Å². The molecule has 0 aromatic heterocycles. The smallest absolute Gasteiger partial charge is 0.0530 e. The maximum absolute atomic E-state index is 12.1. The van der Waals surface area contributed by atoms with Gasteiger partial charge in [-0.3, -0.25) is 4.21 Å². The molecule has 102 valence electrons. The fourth-order valence-corrected chi connectivity index (χ4v) is 2.90. The van der Waals surface area contributed by atoms with Gasteiger partial charge in [0.2, 0.25) is 0 Å². The molecule has 1 aromatic carbocycles. The fraction of sp³-hybridized carbons (Fsp3) is 0.600. The van der Waals surface area contributed by atoms with Crippen LogP contribution >= 0.6 is 0 Å². The molecule has 0 spiro atoms. The molecule has 0 heterocycles. The summed E-state index contributed by atoms with van der Waals surface area (Å²) in [4.78, 5) is 0.936. The van der Waals surface area contributed by atoms with Crippen LogP contribution < -0.4 is 5.32 Å². The van der Waals surface area contributed by atoms with E-state index in [-0.39, 0.29) is 5.41 Å². The lowest BCUT2D eigenvalue weighted by Gasteiger charge is -2.19. The summed E-state index contributed by atoms with van der Waals surface area (Å²) in [6, 6.07) is 8.60. The van der Waals surface area contributed by atoms with Crippen molar-refractivity contribution in [1.29, 1.82) is 0 Å². The van der Waals surface area contributed by atoms with E-state index >= 15 is 0 Å². The minimum atomic E-state index is -0.881. The first kappa shape index (κ1) is 15.4. The van der Waals surface area contributed by atoms with Gasteiger partial charge in [0.1, 0.15) is 0 Å². The molecule has 0 aliphatic heterocycles. The summed E-state index contributed by atoms with van der Waals surface area (Å²) in [7, 11) is 1.06. The zero-order valence-electron chi connectivity index (χ0n) is 12.1. The lowest BCUT2D eigenvalue weighted by molar-refractivity contribution is 0.588. The van der Waals surface area contributed by atoms with Gasteiger partial charge in [-0.1, -0.05) is 32.9 Å². The number of hydrogen-bond donors (Lipinski definition) is 1. The molecule has 2 nitrogen and oxygen atoms in total. The quantitative estimate of drug-likeness (QED) is 0.888. The molecule has 0 fully saturated rings. The highest BCUT2D eigenvalue weighted by Crippen LogP contribution is 2.23. The minimum absolute atomic E-state index is 0.153. The monoisotopic (exact) mass is 267 g/mol. The molecule has 1 aromatic rings. The van der Waals surface area contributed by atoms with Crippen LogP contribution in [0.15, 0.2) is 29.2 Å². The Bertz CT molecular complexity index is 392. The van der Waals surface area contributed by atoms with Crippen molar-refractivity contribution in [1.82, 2.24) is 5.32 Å². The molecule has 0 saturated heterocycles. The van der Waals surface area contributed by atoms with Gasteiger partial charge in [0.05, 0.1) is 10.8 Å². The molecular weight excluding hydrogens is 242 g/mol. The lowest BCUT2D eigenvalue weighted by Crippen LogP contribution is -2.23. The summed E-state index contributed by atoms with van der Waals surface area (Å²) >= 11 is 0. The maximum atomic E-state index is 12.1. The Kier molecular flexibility index (Phi) is 5.54. The Morgan fingerprint density at radius 3 is 2.22 bits per heavy atom. The van der Waals surface area contributed by atoms with Crippen LogP contribution in [0.3, 0.4) is 0 Å². The van der Waals surface area contributed by atoms with Crippen LogP contribution in [0.25, 0.3) is 0 Å². The molecule has 2 atom stereocenters. The van der Waals surface area contributed by atoms with E-state index in [1.807, 2.05) is 19.2 Å². The summed E-state index contributed by atoms with van der Waals surface area (Å²) in [5.74, 6) is 0.719. The highest BCUT2D eigenvalue weighted by Gasteiger charge is 2.14. The van der Waals surface area contributed by atoms with Crippen LogP contribution in [-0.2, 0) is 16.2 Å². The third-order valence-corrected chi connectivity index (χ3v) is 4.62. The highest BCUT2D eigenvalue weighted by atomic mass is 32.2. The summed E-state index contributed by atoms with van der Waals surface area (Å²) < 4.78 is 12.1. The second-order valence-corrected chi connectivity index (χ2v) is 7.37. The molecular formula is C15H25NOS. The Morgan fingerprint density at radius 2 is 1.78 bits per heavy atom. The highest BCUT2D eigenvalue weighted by molar-refractivity contribution is 7.85. The van der Waals surface area contributed by atoms with Crippen molar-refractivity contribution in [3.63, 3.8) is 0 Å². The van der Waals surface area contributed by atoms with Gasteiger partial charge in [-0.2, -0.15) is 0 Å². The average Bonchev–Trinajstić information content (AvgIpc) is 2.34. The zero-order chi connectivity index (χ0) is 13.8. The van der Waals surface area contributed by atoms with Gasteiger partial charge in [-0.15, -0.1) is 0 Å². The first-order valence-electron chi connectivity index (χ1n) is 6.51.